The molecule has 1 aromatic rings. The molecule has 1 atom stereocenters. The van der Waals surface area contributed by atoms with Crippen molar-refractivity contribution in [2.45, 2.75) is 18.9 Å². The van der Waals surface area contributed by atoms with Crippen LogP contribution in [-0.4, -0.2) is 30.3 Å². The molecule has 4 heteroatoms. The van der Waals surface area contributed by atoms with Crippen LogP contribution in [0, 0.1) is 5.82 Å². The van der Waals surface area contributed by atoms with Gasteiger partial charge in [-0.15, -0.1) is 0 Å². The number of hydrogen-bond acceptors (Lipinski definition) is 3. The Kier molecular flexibility index (Phi) is 5.63. The number of hydrogen-bond donors (Lipinski definition) is 1. The fourth-order valence-corrected chi connectivity index (χ4v) is 1.99. The van der Waals surface area contributed by atoms with Gasteiger partial charge in [0.2, 0.25) is 0 Å². The molecule has 16 heavy (non-hydrogen) atoms. The van der Waals surface area contributed by atoms with Crippen LogP contribution in [0.1, 0.15) is 12.0 Å². The zero-order chi connectivity index (χ0) is 12.0. The first-order valence-corrected chi connectivity index (χ1v) is 6.56. The summed E-state index contributed by atoms with van der Waals surface area (Å²) in [5.74, 6) is 0.745. The predicted molar refractivity (Wildman–Crippen MR) is 65.7 cm³/mol. The Morgan fingerprint density at radius 3 is 2.88 bits per heavy atom. The first-order chi connectivity index (χ1) is 7.69. The molecular weight excluding hydrogens is 227 g/mol. The lowest BCUT2D eigenvalue weighted by Gasteiger charge is -2.11. The second-order valence-electron chi connectivity index (χ2n) is 3.57. The Morgan fingerprint density at radius 2 is 2.25 bits per heavy atom. The largest absolute Gasteiger partial charge is 0.494 e. The van der Waals surface area contributed by atoms with E-state index >= 15 is 0 Å². The molecule has 0 heterocycles. The van der Waals surface area contributed by atoms with Gasteiger partial charge >= 0.3 is 0 Å². The van der Waals surface area contributed by atoms with Crippen molar-refractivity contribution in [1.29, 1.82) is 0 Å². The molecule has 0 bridgehead atoms. The average molecular weight is 244 g/mol. The Labute approximate surface area is 99.8 Å². The molecule has 1 unspecified atom stereocenters. The van der Waals surface area contributed by atoms with Gasteiger partial charge < -0.3 is 9.84 Å². The van der Waals surface area contributed by atoms with Gasteiger partial charge in [0.25, 0.3) is 0 Å². The van der Waals surface area contributed by atoms with Gasteiger partial charge in [-0.3, -0.25) is 0 Å². The minimum absolute atomic E-state index is 0.231. The first-order valence-electron chi connectivity index (χ1n) is 5.17. The normalized spacial score (nSPS) is 12.5. The summed E-state index contributed by atoms with van der Waals surface area (Å²) in [4.78, 5) is 0. The lowest BCUT2D eigenvalue weighted by atomic mass is 10.1. The summed E-state index contributed by atoms with van der Waals surface area (Å²) in [5.41, 5.74) is 0.507. The van der Waals surface area contributed by atoms with Gasteiger partial charge in [-0.05, 0) is 30.1 Å². The molecule has 0 saturated carbocycles. The zero-order valence-corrected chi connectivity index (χ0v) is 10.4. The molecule has 0 amide bonds. The molecule has 0 radical (unpaired) electrons. The van der Waals surface area contributed by atoms with Crippen LogP contribution in [0.25, 0.3) is 0 Å². The Balaban J connectivity index is 2.66. The van der Waals surface area contributed by atoms with Gasteiger partial charge in [0, 0.05) is 6.42 Å². The topological polar surface area (TPSA) is 29.5 Å². The molecule has 90 valence electrons. The van der Waals surface area contributed by atoms with Crippen LogP contribution in [0.5, 0.6) is 5.75 Å². The van der Waals surface area contributed by atoms with E-state index in [1.54, 1.807) is 30.0 Å². The Bertz CT molecular complexity index is 331. The molecule has 0 spiro atoms. The number of aliphatic hydroxyl groups excluding tert-OH is 1. The fourth-order valence-electron chi connectivity index (χ4n) is 1.48. The molecule has 1 rings (SSSR count). The summed E-state index contributed by atoms with van der Waals surface area (Å²) in [7, 11) is 1.44. The van der Waals surface area contributed by atoms with Crippen molar-refractivity contribution in [1.82, 2.24) is 0 Å². The van der Waals surface area contributed by atoms with Crippen molar-refractivity contribution < 1.29 is 14.2 Å². The Morgan fingerprint density at radius 1 is 1.50 bits per heavy atom. The van der Waals surface area contributed by atoms with Gasteiger partial charge in [-0.1, -0.05) is 12.1 Å². The average Bonchev–Trinajstić information content (AvgIpc) is 2.29. The van der Waals surface area contributed by atoms with Crippen LogP contribution in [0.15, 0.2) is 18.2 Å². The van der Waals surface area contributed by atoms with Gasteiger partial charge in [-0.25, -0.2) is 4.39 Å². The van der Waals surface area contributed by atoms with Crippen molar-refractivity contribution in [2.24, 2.45) is 0 Å². The minimum atomic E-state index is -0.492. The third-order valence-electron chi connectivity index (χ3n) is 2.37. The van der Waals surface area contributed by atoms with Gasteiger partial charge in [-0.2, -0.15) is 11.8 Å². The Hall–Kier alpha value is -0.740. The van der Waals surface area contributed by atoms with E-state index in [1.807, 2.05) is 6.26 Å². The van der Waals surface area contributed by atoms with Gasteiger partial charge in [0.05, 0.1) is 13.2 Å². The van der Waals surface area contributed by atoms with Crippen LogP contribution in [0.3, 0.4) is 0 Å². The smallest absolute Gasteiger partial charge is 0.168 e. The highest BCUT2D eigenvalue weighted by Gasteiger charge is 2.12. The summed E-state index contributed by atoms with van der Waals surface area (Å²) >= 11 is 1.67. The van der Waals surface area contributed by atoms with Gasteiger partial charge in [0.1, 0.15) is 0 Å². The van der Waals surface area contributed by atoms with E-state index in [4.69, 9.17) is 4.74 Å². The number of thioether (sulfide) groups is 1. The molecule has 1 aromatic carbocycles. The van der Waals surface area contributed by atoms with E-state index in [9.17, 15) is 9.50 Å². The summed E-state index contributed by atoms with van der Waals surface area (Å²) in [6.07, 6.45) is 2.51. The molecule has 2 nitrogen and oxygen atoms in total. The summed E-state index contributed by atoms with van der Waals surface area (Å²) in [6.45, 7) is 0. The highest BCUT2D eigenvalue weighted by molar-refractivity contribution is 7.98. The molecule has 0 fully saturated rings. The second kappa shape index (κ2) is 6.76. The maximum Gasteiger partial charge on any atom is 0.168 e. The predicted octanol–water partition coefficient (Wildman–Crippen LogP) is 2.49. The van der Waals surface area contributed by atoms with Crippen LogP contribution in [-0.2, 0) is 6.42 Å². The highest BCUT2D eigenvalue weighted by Crippen LogP contribution is 2.21. The lowest BCUT2D eigenvalue weighted by molar-refractivity contribution is 0.170. The summed E-state index contributed by atoms with van der Waals surface area (Å²) < 4.78 is 18.6. The van der Waals surface area contributed by atoms with Crippen LogP contribution in [0.4, 0.5) is 4.39 Å². The molecular formula is C12H17FO2S. The van der Waals surface area contributed by atoms with E-state index in [2.05, 4.69) is 0 Å². The van der Waals surface area contributed by atoms with Crippen LogP contribution in [0.2, 0.25) is 0 Å². The van der Waals surface area contributed by atoms with Gasteiger partial charge in [0.15, 0.2) is 11.6 Å². The van der Waals surface area contributed by atoms with E-state index in [0.717, 1.165) is 5.75 Å². The highest BCUT2D eigenvalue weighted by atomic mass is 32.2. The minimum Gasteiger partial charge on any atom is -0.494 e. The number of halogens is 1. The molecule has 0 aromatic heterocycles. The standard InChI is InChI=1S/C12H17FO2S/c1-15-11-5-3-4-9(12(11)13)8-10(14)6-7-16-2/h3-5,10,14H,6-8H2,1-2H3. The zero-order valence-electron chi connectivity index (χ0n) is 9.57. The number of rotatable bonds is 6. The molecule has 1 N–H and O–H groups in total. The van der Waals surface area contributed by atoms with E-state index in [0.29, 0.717) is 18.4 Å². The van der Waals surface area contributed by atoms with Crippen molar-refractivity contribution in [3.8, 4) is 5.75 Å². The summed E-state index contributed by atoms with van der Waals surface area (Å²) in [6, 6.07) is 4.99. The third-order valence-corrected chi connectivity index (χ3v) is 3.02. The number of aliphatic hydroxyl groups is 1. The third kappa shape index (κ3) is 3.68. The van der Waals surface area contributed by atoms with E-state index in [1.165, 1.54) is 7.11 Å². The van der Waals surface area contributed by atoms with Crippen molar-refractivity contribution >= 4 is 11.8 Å². The number of methoxy groups -OCH3 is 1. The van der Waals surface area contributed by atoms with Crippen LogP contribution >= 0.6 is 11.8 Å². The van der Waals surface area contributed by atoms with Crippen LogP contribution < -0.4 is 4.74 Å². The molecule has 0 aliphatic rings. The summed E-state index contributed by atoms with van der Waals surface area (Å²) in [5, 5.41) is 9.70. The van der Waals surface area contributed by atoms with Crippen molar-refractivity contribution in [3.05, 3.63) is 29.6 Å². The first kappa shape index (κ1) is 13.3. The maximum atomic E-state index is 13.7. The molecule has 0 saturated heterocycles. The SMILES string of the molecule is COc1cccc(CC(O)CCSC)c1F. The van der Waals surface area contributed by atoms with E-state index < -0.39 is 6.10 Å². The second-order valence-corrected chi connectivity index (χ2v) is 4.56. The van der Waals surface area contributed by atoms with Crippen molar-refractivity contribution in [3.63, 3.8) is 0 Å². The molecule has 0 aliphatic heterocycles. The van der Waals surface area contributed by atoms with E-state index in [-0.39, 0.29) is 11.6 Å². The van der Waals surface area contributed by atoms with Crippen molar-refractivity contribution in [2.75, 3.05) is 19.1 Å². The lowest BCUT2D eigenvalue weighted by Crippen LogP contribution is -2.12. The fraction of sp³-hybridized carbons (Fsp3) is 0.500. The monoisotopic (exact) mass is 244 g/mol. The maximum absolute atomic E-state index is 13.7. The number of ether oxygens (including phenoxy) is 1. The number of benzene rings is 1. The quantitative estimate of drug-likeness (QED) is 0.833. The molecule has 0 aliphatic carbocycles.